The van der Waals surface area contributed by atoms with Crippen molar-refractivity contribution >= 4 is 5.78 Å². The minimum absolute atomic E-state index is 0.0827. The van der Waals surface area contributed by atoms with E-state index in [0.29, 0.717) is 6.61 Å². The largest absolute Gasteiger partial charge is 0.494 e. The molecular weight excluding hydrogens is 310 g/mol. The lowest BCUT2D eigenvalue weighted by Crippen LogP contribution is -2.45. The van der Waals surface area contributed by atoms with E-state index in [9.17, 15) is 4.79 Å². The predicted molar refractivity (Wildman–Crippen MR) is 101 cm³/mol. The third-order valence-electron chi connectivity index (χ3n) is 4.86. The van der Waals surface area contributed by atoms with Crippen LogP contribution in [0.5, 0.6) is 5.75 Å². The molecule has 25 heavy (non-hydrogen) atoms. The summed E-state index contributed by atoms with van der Waals surface area (Å²) in [5.74, 6) is 1.03. The predicted octanol–water partition coefficient (Wildman–Crippen LogP) is 4.37. The maximum absolute atomic E-state index is 13.2. The van der Waals surface area contributed by atoms with Crippen LogP contribution in [0.3, 0.4) is 0 Å². The number of ketones is 1. The summed E-state index contributed by atoms with van der Waals surface area (Å²) in [4.78, 5) is 15.6. The summed E-state index contributed by atoms with van der Waals surface area (Å²) in [6.07, 6.45) is 4.41. The Morgan fingerprint density at radius 3 is 2.32 bits per heavy atom. The lowest BCUT2D eigenvalue weighted by Gasteiger charge is -2.34. The van der Waals surface area contributed by atoms with E-state index in [1.807, 2.05) is 49.4 Å². The molecule has 0 spiro atoms. The van der Waals surface area contributed by atoms with Gasteiger partial charge in [-0.1, -0.05) is 36.8 Å². The van der Waals surface area contributed by atoms with Crippen LogP contribution in [0, 0.1) is 0 Å². The van der Waals surface area contributed by atoms with E-state index in [1.165, 1.54) is 24.8 Å². The van der Waals surface area contributed by atoms with Crippen LogP contribution in [0.25, 0.3) is 0 Å². The Hall–Kier alpha value is -2.13. The number of ether oxygens (including phenoxy) is 1. The number of piperidine rings is 1. The van der Waals surface area contributed by atoms with Gasteiger partial charge in [0, 0.05) is 5.56 Å². The van der Waals surface area contributed by atoms with Gasteiger partial charge < -0.3 is 4.74 Å². The fourth-order valence-electron chi connectivity index (χ4n) is 3.53. The highest BCUT2D eigenvalue weighted by molar-refractivity contribution is 6.00. The lowest BCUT2D eigenvalue weighted by atomic mass is 9.94. The average molecular weight is 337 g/mol. The lowest BCUT2D eigenvalue weighted by molar-refractivity contribution is 0.0783. The molecule has 1 saturated heterocycles. The molecule has 1 fully saturated rings. The van der Waals surface area contributed by atoms with E-state index in [1.54, 1.807) is 0 Å². The molecule has 1 heterocycles. The number of carbonyl (C=O) groups excluding carboxylic acids is 1. The van der Waals surface area contributed by atoms with Gasteiger partial charge >= 0.3 is 0 Å². The van der Waals surface area contributed by atoms with E-state index < -0.39 is 0 Å². The molecule has 0 N–H and O–H groups in total. The highest BCUT2D eigenvalue weighted by Gasteiger charge is 2.28. The zero-order chi connectivity index (χ0) is 17.5. The second-order valence-electron chi connectivity index (χ2n) is 6.62. The summed E-state index contributed by atoms with van der Waals surface area (Å²) in [5, 5.41) is 0. The quantitative estimate of drug-likeness (QED) is 0.703. The molecule has 0 amide bonds. The molecule has 1 atom stereocenters. The van der Waals surface area contributed by atoms with Crippen LogP contribution >= 0.6 is 0 Å². The van der Waals surface area contributed by atoms with Crippen molar-refractivity contribution in [3.05, 3.63) is 65.7 Å². The van der Waals surface area contributed by atoms with E-state index in [-0.39, 0.29) is 11.8 Å². The summed E-state index contributed by atoms with van der Waals surface area (Å²) in [5.41, 5.74) is 1.99. The van der Waals surface area contributed by atoms with Gasteiger partial charge in [-0.05, 0) is 69.1 Å². The first-order valence-electron chi connectivity index (χ1n) is 9.33. The average Bonchev–Trinajstić information content (AvgIpc) is 2.68. The number of Topliss-reactive ketones (excluding diaryl/α,β-unsaturated/α-hetero) is 1. The Bertz CT molecular complexity index is 660. The van der Waals surface area contributed by atoms with E-state index in [0.717, 1.165) is 30.8 Å². The van der Waals surface area contributed by atoms with Crippen molar-refractivity contribution in [3.63, 3.8) is 0 Å². The fourth-order valence-corrected chi connectivity index (χ4v) is 3.53. The zero-order valence-corrected chi connectivity index (χ0v) is 15.0. The van der Waals surface area contributed by atoms with Crippen molar-refractivity contribution in [3.8, 4) is 5.75 Å². The summed E-state index contributed by atoms with van der Waals surface area (Å²) < 4.78 is 5.49. The first-order valence-corrected chi connectivity index (χ1v) is 9.33. The fraction of sp³-hybridized carbons (Fsp3) is 0.409. The Kier molecular flexibility index (Phi) is 6.24. The normalized spacial score (nSPS) is 16.4. The Labute approximate surface area is 150 Å². The molecule has 0 unspecified atom stereocenters. The third-order valence-corrected chi connectivity index (χ3v) is 4.86. The molecule has 3 rings (SSSR count). The van der Waals surface area contributed by atoms with Crippen LogP contribution < -0.4 is 4.74 Å². The molecule has 1 aliphatic heterocycles. The van der Waals surface area contributed by atoms with Crippen molar-refractivity contribution in [2.75, 3.05) is 19.7 Å². The second kappa shape index (κ2) is 8.82. The van der Waals surface area contributed by atoms with Gasteiger partial charge in [-0.25, -0.2) is 0 Å². The number of benzene rings is 2. The summed E-state index contributed by atoms with van der Waals surface area (Å²) >= 11 is 0. The van der Waals surface area contributed by atoms with Gasteiger partial charge in [0.1, 0.15) is 5.75 Å². The van der Waals surface area contributed by atoms with E-state index >= 15 is 0 Å². The molecule has 2 aromatic rings. The molecule has 0 aromatic heterocycles. The van der Waals surface area contributed by atoms with E-state index in [4.69, 9.17) is 4.74 Å². The topological polar surface area (TPSA) is 29.5 Å². The Morgan fingerprint density at radius 1 is 1.00 bits per heavy atom. The number of likely N-dealkylation sites (tertiary alicyclic amines) is 1. The van der Waals surface area contributed by atoms with Gasteiger partial charge in [-0.3, -0.25) is 9.69 Å². The van der Waals surface area contributed by atoms with Crippen LogP contribution in [0.15, 0.2) is 54.6 Å². The Balaban J connectivity index is 1.80. The molecule has 1 aliphatic rings. The minimum Gasteiger partial charge on any atom is -0.494 e. The molecule has 2 aromatic carbocycles. The smallest absolute Gasteiger partial charge is 0.180 e. The monoisotopic (exact) mass is 337 g/mol. The standard InChI is InChI=1S/C22H27NO2/c1-2-25-20-13-11-19(12-14-20)22(24)21(23-15-7-4-8-16-23)17-18-9-5-3-6-10-18/h3,5-6,9-14,21H,2,4,7-8,15-17H2,1H3/t21-/m0/s1. The van der Waals surface area contributed by atoms with E-state index in [2.05, 4.69) is 17.0 Å². The maximum Gasteiger partial charge on any atom is 0.180 e. The van der Waals surface area contributed by atoms with Gasteiger partial charge in [0.25, 0.3) is 0 Å². The molecule has 3 heteroatoms. The Morgan fingerprint density at radius 2 is 1.68 bits per heavy atom. The van der Waals surface area contributed by atoms with Crippen molar-refractivity contribution < 1.29 is 9.53 Å². The van der Waals surface area contributed by atoms with Crippen molar-refractivity contribution in [2.45, 2.75) is 38.6 Å². The molecule has 0 saturated carbocycles. The SMILES string of the molecule is CCOc1ccc(C(=O)[C@H](Cc2ccccc2)N2CCCCC2)cc1. The number of hydrogen-bond donors (Lipinski definition) is 0. The third kappa shape index (κ3) is 4.70. The molecular formula is C22H27NO2. The minimum atomic E-state index is -0.0827. The van der Waals surface area contributed by atoms with Crippen molar-refractivity contribution in [1.29, 1.82) is 0 Å². The first kappa shape index (κ1) is 17.7. The highest BCUT2D eigenvalue weighted by atomic mass is 16.5. The van der Waals surface area contributed by atoms with Crippen LogP contribution in [-0.4, -0.2) is 36.4 Å². The first-order chi connectivity index (χ1) is 12.3. The summed E-state index contributed by atoms with van der Waals surface area (Å²) in [7, 11) is 0. The molecule has 0 radical (unpaired) electrons. The number of hydrogen-bond acceptors (Lipinski definition) is 3. The van der Waals surface area contributed by atoms with Gasteiger partial charge in [-0.15, -0.1) is 0 Å². The van der Waals surface area contributed by atoms with Gasteiger partial charge in [-0.2, -0.15) is 0 Å². The number of nitrogens with zero attached hydrogens (tertiary/aromatic N) is 1. The van der Waals surface area contributed by atoms with Crippen LogP contribution in [0.2, 0.25) is 0 Å². The van der Waals surface area contributed by atoms with Crippen LogP contribution in [-0.2, 0) is 6.42 Å². The molecule has 3 nitrogen and oxygen atoms in total. The van der Waals surface area contributed by atoms with Gasteiger partial charge in [0.05, 0.1) is 12.6 Å². The molecule has 132 valence electrons. The van der Waals surface area contributed by atoms with Gasteiger partial charge in [0.15, 0.2) is 5.78 Å². The van der Waals surface area contributed by atoms with Crippen LogP contribution in [0.1, 0.15) is 42.1 Å². The van der Waals surface area contributed by atoms with Gasteiger partial charge in [0.2, 0.25) is 0 Å². The zero-order valence-electron chi connectivity index (χ0n) is 15.0. The molecule has 0 bridgehead atoms. The maximum atomic E-state index is 13.2. The number of carbonyl (C=O) groups is 1. The second-order valence-corrected chi connectivity index (χ2v) is 6.62. The summed E-state index contributed by atoms with van der Waals surface area (Å²) in [6.45, 7) is 4.63. The van der Waals surface area contributed by atoms with Crippen LogP contribution in [0.4, 0.5) is 0 Å². The highest BCUT2D eigenvalue weighted by Crippen LogP contribution is 2.21. The molecule has 0 aliphatic carbocycles. The number of rotatable bonds is 7. The summed E-state index contributed by atoms with van der Waals surface area (Å²) in [6, 6.07) is 17.8. The van der Waals surface area contributed by atoms with Crippen molar-refractivity contribution in [2.24, 2.45) is 0 Å². The van der Waals surface area contributed by atoms with Crippen molar-refractivity contribution in [1.82, 2.24) is 4.90 Å².